The molecule has 2 nitrogen and oxygen atoms in total. The second-order valence-electron chi connectivity index (χ2n) is 4.14. The van der Waals surface area contributed by atoms with Gasteiger partial charge >= 0.3 is 0 Å². The van der Waals surface area contributed by atoms with Crippen LogP contribution in [0.2, 0.25) is 0 Å². The van der Waals surface area contributed by atoms with E-state index < -0.39 is 0 Å². The average molecular weight is 191 g/mol. The number of hydrogen-bond acceptors (Lipinski definition) is 2. The predicted molar refractivity (Wildman–Crippen MR) is 57.5 cm³/mol. The topological polar surface area (TPSA) is 30.0 Å². The Morgan fingerprint density at radius 1 is 1.43 bits per heavy atom. The smallest absolute Gasteiger partial charge is 0.159 e. The number of Topliss-reactive ketones (excluding diaryl/α,β-unsaturated/α-hetero) is 1. The average Bonchev–Trinajstić information content (AvgIpc) is 2.01. The first-order valence-electron chi connectivity index (χ1n) is 4.97. The number of hydrogen-bond donors (Lipinski definition) is 0. The van der Waals surface area contributed by atoms with E-state index >= 15 is 0 Å². The lowest BCUT2D eigenvalue weighted by molar-refractivity contribution is 0.101. The van der Waals surface area contributed by atoms with E-state index in [9.17, 15) is 4.79 Å². The second-order valence-corrected chi connectivity index (χ2v) is 4.14. The molecule has 0 bridgehead atoms. The third-order valence-corrected chi connectivity index (χ3v) is 2.03. The fourth-order valence-corrected chi connectivity index (χ4v) is 1.46. The van der Waals surface area contributed by atoms with Gasteiger partial charge in [0.25, 0.3) is 0 Å². The van der Waals surface area contributed by atoms with Crippen LogP contribution < -0.4 is 0 Å². The number of aryl methyl sites for hydroxylation is 1. The summed E-state index contributed by atoms with van der Waals surface area (Å²) in [4.78, 5) is 15.6. The number of nitrogens with zero attached hydrogens (tertiary/aromatic N) is 1. The van der Waals surface area contributed by atoms with Crippen LogP contribution in [0.3, 0.4) is 0 Å². The Bertz CT molecular complexity index is 342. The van der Waals surface area contributed by atoms with Crippen molar-refractivity contribution in [2.24, 2.45) is 5.92 Å². The van der Waals surface area contributed by atoms with Gasteiger partial charge in [-0.3, -0.25) is 9.78 Å². The molecule has 0 aliphatic carbocycles. The highest BCUT2D eigenvalue weighted by Gasteiger charge is 2.05. The van der Waals surface area contributed by atoms with Crippen molar-refractivity contribution in [2.75, 3.05) is 0 Å². The molecule has 1 aromatic heterocycles. The van der Waals surface area contributed by atoms with Crippen molar-refractivity contribution in [3.8, 4) is 0 Å². The van der Waals surface area contributed by atoms with Crippen LogP contribution in [0.25, 0.3) is 0 Å². The SMILES string of the molecule is CC(=O)c1cc(C)nc(CC(C)C)c1. The van der Waals surface area contributed by atoms with Gasteiger partial charge < -0.3 is 0 Å². The molecule has 2 heteroatoms. The molecule has 0 aliphatic rings. The lowest BCUT2D eigenvalue weighted by Gasteiger charge is -2.06. The van der Waals surface area contributed by atoms with Crippen molar-refractivity contribution in [1.29, 1.82) is 0 Å². The summed E-state index contributed by atoms with van der Waals surface area (Å²) in [6.45, 7) is 7.82. The number of carbonyl (C=O) groups is 1. The predicted octanol–water partition coefficient (Wildman–Crippen LogP) is 2.79. The standard InChI is InChI=1S/C12H17NO/c1-8(2)5-12-7-11(10(4)14)6-9(3)13-12/h6-8H,5H2,1-4H3. The maximum absolute atomic E-state index is 11.2. The Labute approximate surface area is 85.4 Å². The summed E-state index contributed by atoms with van der Waals surface area (Å²) in [7, 11) is 0. The van der Waals surface area contributed by atoms with E-state index in [1.54, 1.807) is 6.92 Å². The molecule has 14 heavy (non-hydrogen) atoms. The van der Waals surface area contributed by atoms with Gasteiger partial charge in [-0.15, -0.1) is 0 Å². The van der Waals surface area contributed by atoms with Gasteiger partial charge in [-0.1, -0.05) is 13.8 Å². The molecule has 0 unspecified atom stereocenters. The van der Waals surface area contributed by atoms with Gasteiger partial charge in [0.2, 0.25) is 0 Å². The van der Waals surface area contributed by atoms with Crippen molar-refractivity contribution in [3.63, 3.8) is 0 Å². The highest BCUT2D eigenvalue weighted by atomic mass is 16.1. The quantitative estimate of drug-likeness (QED) is 0.688. The first-order chi connectivity index (χ1) is 6.49. The number of carbonyl (C=O) groups excluding carboxylic acids is 1. The first-order valence-corrected chi connectivity index (χ1v) is 4.97. The summed E-state index contributed by atoms with van der Waals surface area (Å²) in [5, 5.41) is 0. The van der Waals surface area contributed by atoms with Gasteiger partial charge in [0.1, 0.15) is 0 Å². The Morgan fingerprint density at radius 2 is 2.07 bits per heavy atom. The van der Waals surface area contributed by atoms with Crippen molar-refractivity contribution >= 4 is 5.78 Å². The molecular formula is C12H17NO. The summed E-state index contributed by atoms with van der Waals surface area (Å²) >= 11 is 0. The number of pyridine rings is 1. The van der Waals surface area contributed by atoms with E-state index in [4.69, 9.17) is 0 Å². The number of ketones is 1. The van der Waals surface area contributed by atoms with E-state index in [2.05, 4.69) is 18.8 Å². The lowest BCUT2D eigenvalue weighted by Crippen LogP contribution is -2.02. The molecule has 1 rings (SSSR count). The molecule has 76 valence electrons. The molecule has 1 aromatic rings. The van der Waals surface area contributed by atoms with Gasteiger partial charge in [-0.25, -0.2) is 0 Å². The summed E-state index contributed by atoms with van der Waals surface area (Å²) in [6.07, 6.45) is 0.932. The summed E-state index contributed by atoms with van der Waals surface area (Å²) in [5.74, 6) is 0.685. The molecular weight excluding hydrogens is 174 g/mol. The molecule has 0 fully saturated rings. The van der Waals surface area contributed by atoms with Gasteiger partial charge in [0.15, 0.2) is 5.78 Å². The van der Waals surface area contributed by atoms with E-state index in [1.165, 1.54) is 0 Å². The summed E-state index contributed by atoms with van der Waals surface area (Å²) in [5.41, 5.74) is 2.71. The Balaban J connectivity index is 3.01. The molecule has 0 saturated carbocycles. The van der Waals surface area contributed by atoms with Crippen LogP contribution in [-0.2, 0) is 6.42 Å². The molecule has 0 N–H and O–H groups in total. The number of rotatable bonds is 3. The Morgan fingerprint density at radius 3 is 2.57 bits per heavy atom. The van der Waals surface area contributed by atoms with E-state index in [0.717, 1.165) is 23.4 Å². The van der Waals surface area contributed by atoms with Gasteiger partial charge in [0.05, 0.1) is 0 Å². The lowest BCUT2D eigenvalue weighted by atomic mass is 10.0. The van der Waals surface area contributed by atoms with Crippen molar-refractivity contribution in [2.45, 2.75) is 34.1 Å². The van der Waals surface area contributed by atoms with Crippen molar-refractivity contribution in [3.05, 3.63) is 29.1 Å². The van der Waals surface area contributed by atoms with E-state index in [0.29, 0.717) is 5.92 Å². The van der Waals surface area contributed by atoms with Gasteiger partial charge in [-0.2, -0.15) is 0 Å². The fourth-order valence-electron chi connectivity index (χ4n) is 1.46. The Kier molecular flexibility index (Phi) is 3.39. The highest BCUT2D eigenvalue weighted by molar-refractivity contribution is 5.94. The Hall–Kier alpha value is -1.18. The molecule has 0 aromatic carbocycles. The van der Waals surface area contributed by atoms with Crippen molar-refractivity contribution < 1.29 is 4.79 Å². The maximum atomic E-state index is 11.2. The van der Waals surface area contributed by atoms with Crippen LogP contribution in [0.5, 0.6) is 0 Å². The monoisotopic (exact) mass is 191 g/mol. The minimum absolute atomic E-state index is 0.112. The van der Waals surface area contributed by atoms with Crippen LogP contribution in [0.15, 0.2) is 12.1 Å². The zero-order chi connectivity index (χ0) is 10.7. The summed E-state index contributed by atoms with van der Waals surface area (Å²) < 4.78 is 0. The molecule has 0 amide bonds. The molecule has 0 saturated heterocycles. The molecule has 1 heterocycles. The van der Waals surface area contributed by atoms with Crippen LogP contribution in [0, 0.1) is 12.8 Å². The third-order valence-electron chi connectivity index (χ3n) is 2.03. The van der Waals surface area contributed by atoms with E-state index in [1.807, 2.05) is 19.1 Å². The second kappa shape index (κ2) is 4.36. The fraction of sp³-hybridized carbons (Fsp3) is 0.500. The van der Waals surface area contributed by atoms with Gasteiger partial charge in [-0.05, 0) is 38.3 Å². The molecule has 0 spiro atoms. The number of aromatic nitrogens is 1. The highest BCUT2D eigenvalue weighted by Crippen LogP contribution is 2.10. The van der Waals surface area contributed by atoms with Crippen LogP contribution >= 0.6 is 0 Å². The van der Waals surface area contributed by atoms with Crippen molar-refractivity contribution in [1.82, 2.24) is 4.98 Å². The van der Waals surface area contributed by atoms with Crippen LogP contribution in [0.4, 0.5) is 0 Å². The van der Waals surface area contributed by atoms with Crippen LogP contribution in [-0.4, -0.2) is 10.8 Å². The van der Waals surface area contributed by atoms with Crippen LogP contribution in [0.1, 0.15) is 42.5 Å². The third kappa shape index (κ3) is 2.95. The first kappa shape index (κ1) is 10.9. The molecule has 0 radical (unpaired) electrons. The zero-order valence-electron chi connectivity index (χ0n) is 9.29. The van der Waals surface area contributed by atoms with E-state index in [-0.39, 0.29) is 5.78 Å². The summed E-state index contributed by atoms with van der Waals surface area (Å²) in [6, 6.07) is 3.74. The van der Waals surface area contributed by atoms with Gasteiger partial charge in [0, 0.05) is 17.0 Å². The largest absolute Gasteiger partial charge is 0.295 e. The molecule has 0 atom stereocenters. The minimum Gasteiger partial charge on any atom is -0.295 e. The maximum Gasteiger partial charge on any atom is 0.159 e. The normalized spacial score (nSPS) is 10.6. The zero-order valence-corrected chi connectivity index (χ0v) is 9.29. The minimum atomic E-state index is 0.112. The molecule has 0 aliphatic heterocycles.